The smallest absolute Gasteiger partial charge is 0.237 e. The fourth-order valence-electron chi connectivity index (χ4n) is 1.60. The van der Waals surface area contributed by atoms with Crippen molar-refractivity contribution in [3.63, 3.8) is 0 Å². The Morgan fingerprint density at radius 1 is 1.50 bits per heavy atom. The molecule has 100 valence electrons. The molecule has 1 aromatic rings. The Morgan fingerprint density at radius 2 is 2.17 bits per heavy atom. The van der Waals surface area contributed by atoms with E-state index in [9.17, 15) is 4.79 Å². The molecule has 0 bridgehead atoms. The molecular weight excluding hydrogens is 312 g/mol. The lowest BCUT2D eigenvalue weighted by molar-refractivity contribution is -0.123. The molecule has 18 heavy (non-hydrogen) atoms. The van der Waals surface area contributed by atoms with E-state index in [2.05, 4.69) is 21.2 Å². The van der Waals surface area contributed by atoms with Gasteiger partial charge in [0.2, 0.25) is 5.91 Å². The van der Waals surface area contributed by atoms with Crippen LogP contribution in [0.4, 0.5) is 0 Å². The SMILES string of the molecule is CSCC[C@H](N)C(=O)NC(C)c1ccccc1Br. The van der Waals surface area contributed by atoms with Crippen LogP contribution in [0, 0.1) is 0 Å². The van der Waals surface area contributed by atoms with Gasteiger partial charge in [0.05, 0.1) is 12.1 Å². The highest BCUT2D eigenvalue weighted by molar-refractivity contribution is 9.10. The number of carbonyl (C=O) groups is 1. The van der Waals surface area contributed by atoms with Gasteiger partial charge in [0.1, 0.15) is 0 Å². The third-order valence-electron chi connectivity index (χ3n) is 2.70. The van der Waals surface area contributed by atoms with Crippen molar-refractivity contribution in [3.05, 3.63) is 34.3 Å². The molecule has 1 rings (SSSR count). The van der Waals surface area contributed by atoms with Crippen molar-refractivity contribution in [2.45, 2.75) is 25.4 Å². The number of halogens is 1. The maximum atomic E-state index is 11.9. The first-order chi connectivity index (χ1) is 8.56. The van der Waals surface area contributed by atoms with E-state index in [1.165, 1.54) is 0 Å². The van der Waals surface area contributed by atoms with Crippen molar-refractivity contribution in [3.8, 4) is 0 Å². The number of nitrogens with two attached hydrogens (primary N) is 1. The number of hydrogen-bond acceptors (Lipinski definition) is 3. The molecule has 0 fully saturated rings. The summed E-state index contributed by atoms with van der Waals surface area (Å²) in [4.78, 5) is 11.9. The molecular formula is C13H19BrN2OS. The molecule has 0 heterocycles. The number of hydrogen-bond donors (Lipinski definition) is 2. The Hall–Kier alpha value is -0.520. The van der Waals surface area contributed by atoms with Gasteiger partial charge in [-0.05, 0) is 37.0 Å². The summed E-state index contributed by atoms with van der Waals surface area (Å²) in [7, 11) is 0. The summed E-state index contributed by atoms with van der Waals surface area (Å²) >= 11 is 5.18. The Bertz CT molecular complexity index is 400. The van der Waals surface area contributed by atoms with Gasteiger partial charge in [0.15, 0.2) is 0 Å². The van der Waals surface area contributed by atoms with E-state index < -0.39 is 6.04 Å². The zero-order valence-electron chi connectivity index (χ0n) is 10.7. The largest absolute Gasteiger partial charge is 0.348 e. The van der Waals surface area contributed by atoms with E-state index in [4.69, 9.17) is 5.73 Å². The highest BCUT2D eigenvalue weighted by Gasteiger charge is 2.17. The van der Waals surface area contributed by atoms with Crippen molar-refractivity contribution in [1.29, 1.82) is 0 Å². The summed E-state index contributed by atoms with van der Waals surface area (Å²) < 4.78 is 0.996. The van der Waals surface area contributed by atoms with Crippen LogP contribution in [0.25, 0.3) is 0 Å². The lowest BCUT2D eigenvalue weighted by Crippen LogP contribution is -2.42. The molecule has 0 spiro atoms. The topological polar surface area (TPSA) is 55.1 Å². The van der Waals surface area contributed by atoms with Crippen LogP contribution in [0.3, 0.4) is 0 Å². The molecule has 2 atom stereocenters. The number of benzene rings is 1. The molecule has 0 aliphatic rings. The van der Waals surface area contributed by atoms with Crippen LogP contribution in [-0.2, 0) is 4.79 Å². The first kappa shape index (κ1) is 15.5. The second kappa shape index (κ2) is 7.81. The van der Waals surface area contributed by atoms with Crippen molar-refractivity contribution in [2.75, 3.05) is 12.0 Å². The van der Waals surface area contributed by atoms with Crippen molar-refractivity contribution < 1.29 is 4.79 Å². The minimum absolute atomic E-state index is 0.0478. The number of thioether (sulfide) groups is 1. The highest BCUT2D eigenvalue weighted by Crippen LogP contribution is 2.22. The summed E-state index contributed by atoms with van der Waals surface area (Å²) in [5.41, 5.74) is 6.89. The minimum atomic E-state index is -0.428. The number of rotatable bonds is 6. The standard InChI is InChI=1S/C13H19BrN2OS/c1-9(10-5-3-4-6-11(10)14)16-13(17)12(15)7-8-18-2/h3-6,9,12H,7-8,15H2,1-2H3,(H,16,17)/t9?,12-/m0/s1. The van der Waals surface area contributed by atoms with Crippen LogP contribution in [0.15, 0.2) is 28.7 Å². The first-order valence-electron chi connectivity index (χ1n) is 5.85. The van der Waals surface area contributed by atoms with E-state index in [1.54, 1.807) is 11.8 Å². The molecule has 1 amide bonds. The molecule has 0 aliphatic carbocycles. The quantitative estimate of drug-likeness (QED) is 0.843. The van der Waals surface area contributed by atoms with Crippen molar-refractivity contribution >= 4 is 33.6 Å². The molecule has 5 heteroatoms. The average molecular weight is 331 g/mol. The maximum absolute atomic E-state index is 11.9. The lowest BCUT2D eigenvalue weighted by atomic mass is 10.1. The predicted molar refractivity (Wildman–Crippen MR) is 81.7 cm³/mol. The Balaban J connectivity index is 2.57. The number of amides is 1. The minimum Gasteiger partial charge on any atom is -0.348 e. The summed E-state index contributed by atoms with van der Waals surface area (Å²) in [5, 5.41) is 2.94. The molecule has 0 aromatic heterocycles. The molecule has 0 radical (unpaired) electrons. The molecule has 1 aromatic carbocycles. The maximum Gasteiger partial charge on any atom is 0.237 e. The van der Waals surface area contributed by atoms with Gasteiger partial charge < -0.3 is 11.1 Å². The Kier molecular flexibility index (Phi) is 6.75. The monoisotopic (exact) mass is 330 g/mol. The zero-order chi connectivity index (χ0) is 13.5. The van der Waals surface area contributed by atoms with E-state index >= 15 is 0 Å². The van der Waals surface area contributed by atoms with Gasteiger partial charge in [-0.2, -0.15) is 11.8 Å². The molecule has 1 unspecified atom stereocenters. The molecule has 3 N–H and O–H groups in total. The van der Waals surface area contributed by atoms with Gasteiger partial charge >= 0.3 is 0 Å². The Labute approximate surface area is 121 Å². The third-order valence-corrected chi connectivity index (χ3v) is 4.07. The normalized spacial score (nSPS) is 14.0. The molecule has 0 saturated carbocycles. The first-order valence-corrected chi connectivity index (χ1v) is 8.04. The number of nitrogens with one attached hydrogen (secondary N) is 1. The predicted octanol–water partition coefficient (Wildman–Crippen LogP) is 2.71. The molecule has 0 aliphatic heterocycles. The van der Waals surface area contributed by atoms with E-state index in [1.807, 2.05) is 37.4 Å². The molecule has 3 nitrogen and oxygen atoms in total. The van der Waals surface area contributed by atoms with Gasteiger partial charge in [-0.1, -0.05) is 34.1 Å². The summed E-state index contributed by atoms with van der Waals surface area (Å²) in [6.45, 7) is 1.96. The van der Waals surface area contributed by atoms with Crippen LogP contribution in [0.1, 0.15) is 24.9 Å². The van der Waals surface area contributed by atoms with Gasteiger partial charge in [-0.3, -0.25) is 4.79 Å². The van der Waals surface area contributed by atoms with Crippen LogP contribution >= 0.6 is 27.7 Å². The summed E-state index contributed by atoms with van der Waals surface area (Å²) in [5.74, 6) is 0.810. The van der Waals surface area contributed by atoms with E-state index in [0.717, 1.165) is 15.8 Å². The summed E-state index contributed by atoms with van der Waals surface area (Å²) in [6.07, 6.45) is 2.71. The van der Waals surface area contributed by atoms with Gasteiger partial charge in [0.25, 0.3) is 0 Å². The van der Waals surface area contributed by atoms with E-state index in [-0.39, 0.29) is 11.9 Å². The van der Waals surface area contributed by atoms with Crippen molar-refractivity contribution in [2.24, 2.45) is 5.73 Å². The van der Waals surface area contributed by atoms with Crippen LogP contribution in [-0.4, -0.2) is 24.0 Å². The van der Waals surface area contributed by atoms with Crippen LogP contribution < -0.4 is 11.1 Å². The van der Waals surface area contributed by atoms with Crippen LogP contribution in [0.5, 0.6) is 0 Å². The highest BCUT2D eigenvalue weighted by atomic mass is 79.9. The zero-order valence-corrected chi connectivity index (χ0v) is 13.1. The molecule has 0 saturated heterocycles. The van der Waals surface area contributed by atoms with Gasteiger partial charge in [0, 0.05) is 4.47 Å². The van der Waals surface area contributed by atoms with E-state index in [0.29, 0.717) is 6.42 Å². The second-order valence-corrected chi connectivity index (χ2v) is 5.98. The van der Waals surface area contributed by atoms with Gasteiger partial charge in [-0.15, -0.1) is 0 Å². The number of carbonyl (C=O) groups excluding carboxylic acids is 1. The Morgan fingerprint density at radius 3 is 2.78 bits per heavy atom. The second-order valence-electron chi connectivity index (χ2n) is 4.14. The fourth-order valence-corrected chi connectivity index (χ4v) is 2.72. The van der Waals surface area contributed by atoms with Crippen molar-refractivity contribution in [1.82, 2.24) is 5.32 Å². The fraction of sp³-hybridized carbons (Fsp3) is 0.462. The van der Waals surface area contributed by atoms with Gasteiger partial charge in [-0.25, -0.2) is 0 Å². The third kappa shape index (κ3) is 4.63. The average Bonchev–Trinajstić information content (AvgIpc) is 2.36. The van der Waals surface area contributed by atoms with Crippen LogP contribution in [0.2, 0.25) is 0 Å². The summed E-state index contributed by atoms with van der Waals surface area (Å²) in [6, 6.07) is 7.38. The lowest BCUT2D eigenvalue weighted by Gasteiger charge is -2.18.